The van der Waals surface area contributed by atoms with Crippen molar-refractivity contribution in [2.45, 2.75) is 83.5 Å². The van der Waals surface area contributed by atoms with Gasteiger partial charge in [-0.05, 0) is 49.0 Å². The molecule has 0 aromatic heterocycles. The number of ether oxygens (including phenoxy) is 3. The zero-order chi connectivity index (χ0) is 28.3. The summed E-state index contributed by atoms with van der Waals surface area (Å²) in [5.41, 5.74) is -0.551. The molecule has 0 radical (unpaired) electrons. The second-order valence-corrected chi connectivity index (χ2v) is 17.0. The van der Waals surface area contributed by atoms with Crippen molar-refractivity contribution in [2.75, 3.05) is 19.8 Å². The maximum atomic E-state index is 13.1. The molecule has 2 saturated heterocycles. The van der Waals surface area contributed by atoms with Crippen LogP contribution >= 0.6 is 0 Å². The summed E-state index contributed by atoms with van der Waals surface area (Å²) in [5.74, 6) is 0.0848. The van der Waals surface area contributed by atoms with E-state index >= 15 is 0 Å². The Morgan fingerprint density at radius 1 is 1.03 bits per heavy atom. The fourth-order valence-corrected chi connectivity index (χ4v) is 10.7. The highest BCUT2D eigenvalue weighted by molar-refractivity contribution is 6.99. The number of hydrogen-bond donors (Lipinski definition) is 0. The molecule has 0 aliphatic carbocycles. The Bertz CT molecular complexity index is 1060. The van der Waals surface area contributed by atoms with Gasteiger partial charge in [0.15, 0.2) is 6.29 Å². The largest absolute Gasteiger partial charge is 0.444 e. The van der Waals surface area contributed by atoms with Crippen LogP contribution in [0.4, 0.5) is 4.79 Å². The summed E-state index contributed by atoms with van der Waals surface area (Å²) < 4.78 is 25.6. The van der Waals surface area contributed by atoms with E-state index in [4.69, 9.17) is 18.6 Å². The summed E-state index contributed by atoms with van der Waals surface area (Å²) in [6.07, 6.45) is 2.30. The summed E-state index contributed by atoms with van der Waals surface area (Å²) in [6.45, 7) is 17.8. The van der Waals surface area contributed by atoms with Gasteiger partial charge < -0.3 is 23.5 Å². The zero-order valence-corrected chi connectivity index (χ0v) is 25.4. The first-order chi connectivity index (χ1) is 18.5. The van der Waals surface area contributed by atoms with Gasteiger partial charge in [-0.3, -0.25) is 0 Å². The monoisotopic (exact) mass is 551 g/mol. The van der Waals surface area contributed by atoms with E-state index in [1.165, 1.54) is 10.4 Å². The van der Waals surface area contributed by atoms with E-state index in [9.17, 15) is 4.79 Å². The van der Waals surface area contributed by atoms with Gasteiger partial charge in [-0.2, -0.15) is 0 Å². The number of nitrogens with zero attached hydrogens (tertiary/aromatic N) is 1. The second kappa shape index (κ2) is 12.0. The maximum Gasteiger partial charge on any atom is 0.410 e. The number of fused-ring (bicyclic) bond motifs is 1. The summed E-state index contributed by atoms with van der Waals surface area (Å²) in [4.78, 5) is 15.0. The second-order valence-electron chi connectivity index (χ2n) is 12.7. The Morgan fingerprint density at radius 2 is 1.62 bits per heavy atom. The van der Waals surface area contributed by atoms with Gasteiger partial charge in [0.25, 0.3) is 8.32 Å². The Morgan fingerprint density at radius 3 is 2.13 bits per heavy atom. The Balaban J connectivity index is 1.63. The molecule has 212 valence electrons. The van der Waals surface area contributed by atoms with Crippen molar-refractivity contribution >= 4 is 24.8 Å². The van der Waals surface area contributed by atoms with E-state index in [0.29, 0.717) is 26.2 Å². The standard InChI is InChI=1S/C32H45NO5Si/c1-8-21-35-29-27-19-20-33(30(34)38-31(2,3)4)28(27)22-24(37-29)23-36-39(32(5,6)7,25-15-11-9-12-16-25)26-17-13-10-14-18-26/h8-18,24,27-29H,1,19-23H2,2-7H3/t24-,27+,28+,29-/m0/s1. The van der Waals surface area contributed by atoms with Crippen LogP contribution in [0.15, 0.2) is 73.3 Å². The van der Waals surface area contributed by atoms with Gasteiger partial charge >= 0.3 is 6.09 Å². The number of likely N-dealkylation sites (tertiary alicyclic amines) is 1. The van der Waals surface area contributed by atoms with E-state index in [-0.39, 0.29) is 29.2 Å². The van der Waals surface area contributed by atoms with Crippen molar-refractivity contribution in [3.05, 3.63) is 73.3 Å². The third-order valence-electron chi connectivity index (χ3n) is 7.69. The van der Waals surface area contributed by atoms with E-state index in [2.05, 4.69) is 75.9 Å². The minimum Gasteiger partial charge on any atom is -0.444 e. The molecule has 7 heteroatoms. The lowest BCUT2D eigenvalue weighted by molar-refractivity contribution is -0.228. The van der Waals surface area contributed by atoms with Crippen LogP contribution in [0, 0.1) is 5.92 Å². The van der Waals surface area contributed by atoms with Gasteiger partial charge in [-0.15, -0.1) is 6.58 Å². The Kier molecular flexibility index (Phi) is 9.06. The number of amides is 1. The van der Waals surface area contributed by atoms with Crippen molar-refractivity contribution in [1.82, 2.24) is 4.90 Å². The smallest absolute Gasteiger partial charge is 0.410 e. The third-order valence-corrected chi connectivity index (χ3v) is 12.7. The van der Waals surface area contributed by atoms with Crippen molar-refractivity contribution in [3.8, 4) is 0 Å². The molecule has 39 heavy (non-hydrogen) atoms. The maximum absolute atomic E-state index is 13.1. The van der Waals surface area contributed by atoms with E-state index in [1.807, 2.05) is 37.8 Å². The van der Waals surface area contributed by atoms with Gasteiger partial charge in [-0.25, -0.2) is 4.79 Å². The molecule has 0 unspecified atom stereocenters. The molecule has 6 nitrogen and oxygen atoms in total. The van der Waals surface area contributed by atoms with Crippen LogP contribution in [-0.2, 0) is 18.6 Å². The highest BCUT2D eigenvalue weighted by Crippen LogP contribution is 2.40. The molecule has 0 saturated carbocycles. The lowest BCUT2D eigenvalue weighted by atomic mass is 9.91. The van der Waals surface area contributed by atoms with Crippen molar-refractivity contribution in [3.63, 3.8) is 0 Å². The number of carbonyl (C=O) groups excluding carboxylic acids is 1. The van der Waals surface area contributed by atoms with Crippen molar-refractivity contribution in [2.24, 2.45) is 5.92 Å². The number of carbonyl (C=O) groups is 1. The normalized spacial score (nSPS) is 23.8. The molecule has 0 bridgehead atoms. The Hall–Kier alpha value is -2.45. The first-order valence-corrected chi connectivity index (χ1v) is 16.0. The van der Waals surface area contributed by atoms with E-state index < -0.39 is 20.2 Å². The van der Waals surface area contributed by atoms with Crippen LogP contribution in [-0.4, -0.2) is 63.1 Å². The first-order valence-electron chi connectivity index (χ1n) is 14.1. The van der Waals surface area contributed by atoms with Gasteiger partial charge in [0.05, 0.1) is 19.3 Å². The fourth-order valence-electron chi connectivity index (χ4n) is 6.07. The molecule has 2 aliphatic rings. The number of rotatable bonds is 8. The van der Waals surface area contributed by atoms with E-state index in [1.54, 1.807) is 6.08 Å². The summed E-state index contributed by atoms with van der Waals surface area (Å²) in [7, 11) is -2.73. The fraction of sp³-hybridized carbons (Fsp3) is 0.531. The minimum atomic E-state index is -2.73. The topological polar surface area (TPSA) is 57.2 Å². The average Bonchev–Trinajstić information content (AvgIpc) is 3.31. The molecule has 4 atom stereocenters. The molecule has 2 heterocycles. The third kappa shape index (κ3) is 6.48. The minimum absolute atomic E-state index is 0.0313. The van der Waals surface area contributed by atoms with Crippen LogP contribution in [0.2, 0.25) is 5.04 Å². The van der Waals surface area contributed by atoms with Crippen LogP contribution in [0.3, 0.4) is 0 Å². The molecule has 0 spiro atoms. The SMILES string of the molecule is C=CCO[C@H]1O[C@H](CO[Si](c2ccccc2)(c2ccccc2)C(C)(C)C)C[C@@H]2[C@H]1CCN2C(=O)OC(C)(C)C. The molecule has 2 aliphatic heterocycles. The molecule has 0 N–H and O–H groups in total. The van der Waals surface area contributed by atoms with Gasteiger partial charge in [0.1, 0.15) is 5.60 Å². The average molecular weight is 552 g/mol. The van der Waals surface area contributed by atoms with Gasteiger partial charge in [0.2, 0.25) is 0 Å². The quantitative estimate of drug-likeness (QED) is 0.320. The molecule has 1 amide bonds. The van der Waals surface area contributed by atoms with Crippen molar-refractivity contribution < 1.29 is 23.4 Å². The predicted octanol–water partition coefficient (Wildman–Crippen LogP) is 5.51. The summed E-state index contributed by atoms with van der Waals surface area (Å²) >= 11 is 0. The number of hydrogen-bond acceptors (Lipinski definition) is 5. The molecule has 2 fully saturated rings. The lowest BCUT2D eigenvalue weighted by Crippen LogP contribution is -2.67. The highest BCUT2D eigenvalue weighted by Gasteiger charge is 2.52. The summed E-state index contributed by atoms with van der Waals surface area (Å²) in [5, 5.41) is 2.32. The summed E-state index contributed by atoms with van der Waals surface area (Å²) in [6, 6.07) is 21.2. The van der Waals surface area contributed by atoms with Crippen molar-refractivity contribution in [1.29, 1.82) is 0 Å². The first kappa shape index (κ1) is 29.5. The molecular formula is C32H45NO5Si. The molecule has 2 aromatic carbocycles. The number of benzene rings is 2. The van der Waals surface area contributed by atoms with Crippen LogP contribution < -0.4 is 10.4 Å². The predicted molar refractivity (Wildman–Crippen MR) is 158 cm³/mol. The van der Waals surface area contributed by atoms with Crippen LogP contribution in [0.25, 0.3) is 0 Å². The molecule has 4 rings (SSSR count). The van der Waals surface area contributed by atoms with Crippen LogP contribution in [0.1, 0.15) is 54.4 Å². The molecular weight excluding hydrogens is 506 g/mol. The highest BCUT2D eigenvalue weighted by atomic mass is 28.4. The zero-order valence-electron chi connectivity index (χ0n) is 24.4. The lowest BCUT2D eigenvalue weighted by Gasteiger charge is -2.45. The Labute approximate surface area is 235 Å². The molecule has 2 aromatic rings. The van der Waals surface area contributed by atoms with Gasteiger partial charge in [0, 0.05) is 18.5 Å². The van der Waals surface area contributed by atoms with E-state index in [0.717, 1.165) is 6.42 Å². The van der Waals surface area contributed by atoms with Gasteiger partial charge in [-0.1, -0.05) is 87.5 Å². The van der Waals surface area contributed by atoms with Crippen LogP contribution in [0.5, 0.6) is 0 Å².